The molecule has 0 spiro atoms. The van der Waals surface area contributed by atoms with Crippen molar-refractivity contribution in [2.45, 2.75) is 31.8 Å². The van der Waals surface area contributed by atoms with E-state index in [9.17, 15) is 24.3 Å². The maximum absolute atomic E-state index is 12.9. The molecule has 164 valence electrons. The molecule has 0 bridgehead atoms. The molecule has 2 atom stereocenters. The first-order valence-electron chi connectivity index (χ1n) is 9.63. The third-order valence-corrected chi connectivity index (χ3v) is 4.40. The van der Waals surface area contributed by atoms with Crippen molar-refractivity contribution >= 4 is 23.7 Å². The quantitative estimate of drug-likeness (QED) is 0.370. The average Bonchev–Trinajstić information content (AvgIpc) is 2.73. The van der Waals surface area contributed by atoms with Crippen molar-refractivity contribution in [1.82, 2.24) is 16.0 Å². The Morgan fingerprint density at radius 2 is 1.35 bits per heavy atom. The van der Waals surface area contributed by atoms with Crippen molar-refractivity contribution in [2.24, 2.45) is 0 Å². The largest absolute Gasteiger partial charge is 0.508 e. The molecule has 0 aromatic heterocycles. The molecule has 2 rings (SSSR count). The molecule has 0 heterocycles. The summed E-state index contributed by atoms with van der Waals surface area (Å²) >= 11 is 0. The molecule has 0 aliphatic carbocycles. The van der Waals surface area contributed by atoms with Gasteiger partial charge in [-0.2, -0.15) is 0 Å². The maximum Gasteiger partial charge on any atom is 0.322 e. The van der Waals surface area contributed by atoms with E-state index in [0.717, 1.165) is 5.56 Å². The molecular weight excluding hydrogens is 402 g/mol. The van der Waals surface area contributed by atoms with Crippen LogP contribution in [0.5, 0.6) is 5.75 Å². The van der Waals surface area contributed by atoms with Crippen LogP contribution in [0.1, 0.15) is 18.1 Å². The molecule has 0 unspecified atom stereocenters. The Morgan fingerprint density at radius 1 is 0.806 bits per heavy atom. The predicted octanol–water partition coefficient (Wildman–Crippen LogP) is 0.368. The van der Waals surface area contributed by atoms with Gasteiger partial charge in [-0.05, 0) is 23.3 Å². The fourth-order valence-corrected chi connectivity index (χ4v) is 2.94. The van der Waals surface area contributed by atoms with Gasteiger partial charge in [0.05, 0.1) is 0 Å². The highest BCUT2D eigenvalue weighted by molar-refractivity contribution is 5.93. The molecular formula is C22H25N3O6. The predicted molar refractivity (Wildman–Crippen MR) is 112 cm³/mol. The Kier molecular flexibility index (Phi) is 8.56. The summed E-state index contributed by atoms with van der Waals surface area (Å²) in [6.45, 7) is 0.695. The van der Waals surface area contributed by atoms with Gasteiger partial charge in [-0.15, -0.1) is 0 Å². The van der Waals surface area contributed by atoms with Gasteiger partial charge >= 0.3 is 5.97 Å². The first-order valence-corrected chi connectivity index (χ1v) is 9.63. The van der Waals surface area contributed by atoms with Crippen LogP contribution in [0.15, 0.2) is 54.6 Å². The van der Waals surface area contributed by atoms with Crippen molar-refractivity contribution in [1.29, 1.82) is 0 Å². The lowest BCUT2D eigenvalue weighted by atomic mass is 10.0. The fraction of sp³-hybridized carbons (Fsp3) is 0.273. The van der Waals surface area contributed by atoms with Gasteiger partial charge in [0.2, 0.25) is 17.7 Å². The smallest absolute Gasteiger partial charge is 0.322 e. The van der Waals surface area contributed by atoms with Crippen LogP contribution in [0.3, 0.4) is 0 Å². The Hall–Kier alpha value is -3.88. The first-order chi connectivity index (χ1) is 14.7. The molecule has 0 fully saturated rings. The molecule has 0 saturated heterocycles. The lowest BCUT2D eigenvalue weighted by molar-refractivity contribution is -0.138. The van der Waals surface area contributed by atoms with Crippen molar-refractivity contribution < 1.29 is 29.4 Å². The van der Waals surface area contributed by atoms with Crippen LogP contribution in [0.4, 0.5) is 0 Å². The lowest BCUT2D eigenvalue weighted by Gasteiger charge is -2.23. The molecule has 9 nitrogen and oxygen atoms in total. The van der Waals surface area contributed by atoms with Gasteiger partial charge in [0.1, 0.15) is 24.4 Å². The molecule has 0 radical (unpaired) electrons. The zero-order valence-electron chi connectivity index (χ0n) is 17.0. The number of hydrogen-bond donors (Lipinski definition) is 5. The van der Waals surface area contributed by atoms with Crippen molar-refractivity contribution in [3.8, 4) is 5.75 Å². The van der Waals surface area contributed by atoms with E-state index >= 15 is 0 Å². The minimum atomic E-state index is -1.21. The number of benzene rings is 2. The molecule has 0 aliphatic heterocycles. The van der Waals surface area contributed by atoms with E-state index < -0.39 is 42.3 Å². The maximum atomic E-state index is 12.9. The van der Waals surface area contributed by atoms with Crippen LogP contribution in [0.2, 0.25) is 0 Å². The number of phenolic OH excluding ortho intramolecular Hbond substituents is 1. The number of carbonyl (C=O) groups excluding carboxylic acids is 3. The third kappa shape index (κ3) is 8.17. The van der Waals surface area contributed by atoms with Gasteiger partial charge in [-0.25, -0.2) is 0 Å². The van der Waals surface area contributed by atoms with E-state index in [4.69, 9.17) is 5.11 Å². The zero-order valence-corrected chi connectivity index (χ0v) is 17.0. The van der Waals surface area contributed by atoms with E-state index in [2.05, 4.69) is 16.0 Å². The number of carboxylic acid groups (broad SMARTS) is 1. The van der Waals surface area contributed by atoms with E-state index in [0.29, 0.717) is 5.56 Å². The number of hydrogen-bond acceptors (Lipinski definition) is 5. The first kappa shape index (κ1) is 23.4. The number of phenols is 1. The monoisotopic (exact) mass is 427 g/mol. The van der Waals surface area contributed by atoms with E-state index in [1.807, 2.05) is 6.07 Å². The minimum Gasteiger partial charge on any atom is -0.508 e. The Morgan fingerprint density at radius 3 is 1.90 bits per heavy atom. The normalized spacial score (nSPS) is 12.3. The number of aromatic hydroxyl groups is 1. The van der Waals surface area contributed by atoms with Crippen LogP contribution in [0, 0.1) is 0 Å². The fourth-order valence-electron chi connectivity index (χ4n) is 2.94. The molecule has 2 aromatic rings. The Bertz CT molecular complexity index is 915. The molecule has 2 aromatic carbocycles. The van der Waals surface area contributed by atoms with Crippen LogP contribution >= 0.6 is 0 Å². The van der Waals surface area contributed by atoms with Gasteiger partial charge in [-0.1, -0.05) is 42.5 Å². The second-order valence-electron chi connectivity index (χ2n) is 6.99. The third-order valence-electron chi connectivity index (χ3n) is 4.40. The van der Waals surface area contributed by atoms with Crippen molar-refractivity contribution in [3.63, 3.8) is 0 Å². The summed E-state index contributed by atoms with van der Waals surface area (Å²) in [6, 6.07) is 13.1. The van der Waals surface area contributed by atoms with Crippen LogP contribution < -0.4 is 16.0 Å². The van der Waals surface area contributed by atoms with Gasteiger partial charge in [-0.3, -0.25) is 19.2 Å². The summed E-state index contributed by atoms with van der Waals surface area (Å²) in [7, 11) is 0. The summed E-state index contributed by atoms with van der Waals surface area (Å²) < 4.78 is 0. The highest BCUT2D eigenvalue weighted by Gasteiger charge is 2.27. The minimum absolute atomic E-state index is 0.0716. The second-order valence-corrected chi connectivity index (χ2v) is 6.99. The molecule has 9 heteroatoms. The summed E-state index contributed by atoms with van der Waals surface area (Å²) in [6.07, 6.45) is 0.282. The molecule has 31 heavy (non-hydrogen) atoms. The average molecular weight is 427 g/mol. The highest BCUT2D eigenvalue weighted by Crippen LogP contribution is 2.12. The van der Waals surface area contributed by atoms with E-state index in [1.165, 1.54) is 19.1 Å². The standard InChI is InChI=1S/C22H25N3O6/c1-14(26)24-19(12-16-7-9-17(27)10-8-16)22(31)25-18(21(30)23-13-20(28)29)11-15-5-3-2-4-6-15/h2-10,18-19,27H,11-13H2,1H3,(H,23,30)(H,24,26)(H,25,31)(H,28,29)/t18-,19-/m0/s1. The molecule has 5 N–H and O–H groups in total. The summed E-state index contributed by atoms with van der Waals surface area (Å²) in [5.74, 6) is -2.79. The number of carboxylic acids is 1. The number of carbonyl (C=O) groups is 4. The molecule has 3 amide bonds. The number of amides is 3. The molecule has 0 saturated carbocycles. The van der Waals surface area contributed by atoms with Gasteiger partial charge in [0.15, 0.2) is 0 Å². The van der Waals surface area contributed by atoms with E-state index in [1.54, 1.807) is 36.4 Å². The van der Waals surface area contributed by atoms with Crippen molar-refractivity contribution in [2.75, 3.05) is 6.54 Å². The van der Waals surface area contributed by atoms with Crippen LogP contribution in [-0.4, -0.2) is 52.5 Å². The van der Waals surface area contributed by atoms with Gasteiger partial charge in [0, 0.05) is 19.8 Å². The lowest BCUT2D eigenvalue weighted by Crippen LogP contribution is -2.55. The van der Waals surface area contributed by atoms with Gasteiger partial charge in [0.25, 0.3) is 0 Å². The summed E-state index contributed by atoms with van der Waals surface area (Å²) in [5, 5.41) is 25.7. The zero-order chi connectivity index (χ0) is 22.8. The van der Waals surface area contributed by atoms with Crippen molar-refractivity contribution in [3.05, 3.63) is 65.7 Å². The Balaban J connectivity index is 2.17. The topological polar surface area (TPSA) is 145 Å². The van der Waals surface area contributed by atoms with Crippen LogP contribution in [0.25, 0.3) is 0 Å². The molecule has 0 aliphatic rings. The van der Waals surface area contributed by atoms with Gasteiger partial charge < -0.3 is 26.2 Å². The Labute approximate surface area is 179 Å². The van der Waals surface area contributed by atoms with Crippen LogP contribution in [-0.2, 0) is 32.0 Å². The number of nitrogens with one attached hydrogen (secondary N) is 3. The summed E-state index contributed by atoms with van der Waals surface area (Å²) in [5.41, 5.74) is 1.47. The van der Waals surface area contributed by atoms with E-state index in [-0.39, 0.29) is 18.6 Å². The second kappa shape index (κ2) is 11.3. The SMILES string of the molecule is CC(=O)N[C@@H](Cc1ccc(O)cc1)C(=O)N[C@@H](Cc1ccccc1)C(=O)NCC(=O)O. The summed E-state index contributed by atoms with van der Waals surface area (Å²) in [4.78, 5) is 47.9. The highest BCUT2D eigenvalue weighted by atomic mass is 16.4. The number of aliphatic carboxylic acids is 1. The number of rotatable bonds is 10.